The third-order valence-electron chi connectivity index (χ3n) is 5.07. The minimum Gasteiger partial charge on any atom is -0.493 e. The summed E-state index contributed by atoms with van der Waals surface area (Å²) in [6.45, 7) is 4.98. The van der Waals surface area contributed by atoms with Crippen molar-refractivity contribution < 1.29 is 9.53 Å². The highest BCUT2D eigenvalue weighted by molar-refractivity contribution is 7.99. The van der Waals surface area contributed by atoms with E-state index >= 15 is 0 Å². The quantitative estimate of drug-likeness (QED) is 0.600. The molecule has 0 bridgehead atoms. The lowest BCUT2D eigenvalue weighted by atomic mass is 10.0. The molecule has 0 radical (unpaired) electrons. The fourth-order valence-electron chi connectivity index (χ4n) is 3.47. The molecular weight excluding hydrogens is 382 g/mol. The van der Waals surface area contributed by atoms with Crippen molar-refractivity contribution in [2.24, 2.45) is 0 Å². The molecule has 1 atom stereocenters. The van der Waals surface area contributed by atoms with Gasteiger partial charge in [0.25, 0.3) is 0 Å². The molecule has 6 heteroatoms. The Labute approximate surface area is 175 Å². The van der Waals surface area contributed by atoms with E-state index < -0.39 is 0 Å². The van der Waals surface area contributed by atoms with E-state index in [0.717, 1.165) is 28.6 Å². The fourth-order valence-corrected chi connectivity index (χ4v) is 4.26. The van der Waals surface area contributed by atoms with Crippen LogP contribution in [0.15, 0.2) is 66.1 Å². The fraction of sp³-hybridized carbons (Fsp3) is 0.304. The van der Waals surface area contributed by atoms with Gasteiger partial charge in [-0.05, 0) is 29.7 Å². The van der Waals surface area contributed by atoms with Gasteiger partial charge in [-0.25, -0.2) is 4.98 Å². The van der Waals surface area contributed by atoms with E-state index in [2.05, 4.69) is 48.4 Å². The SMILES string of the molecule is CC(C)c1ccc(-n2ccnc2SCC(=O)NC2CCOc3ccccc32)cc1. The van der Waals surface area contributed by atoms with Gasteiger partial charge in [-0.1, -0.05) is 55.9 Å². The van der Waals surface area contributed by atoms with Crippen molar-refractivity contribution in [1.82, 2.24) is 14.9 Å². The number of fused-ring (bicyclic) bond motifs is 1. The minimum absolute atomic E-state index is 0.00130. The first-order valence-corrected chi connectivity index (χ1v) is 10.9. The minimum atomic E-state index is -0.00336. The molecule has 1 amide bonds. The van der Waals surface area contributed by atoms with Crippen LogP contribution in [0.4, 0.5) is 0 Å². The summed E-state index contributed by atoms with van der Waals surface area (Å²) in [7, 11) is 0. The lowest BCUT2D eigenvalue weighted by Crippen LogP contribution is -2.33. The predicted molar refractivity (Wildman–Crippen MR) is 116 cm³/mol. The number of ether oxygens (including phenoxy) is 1. The van der Waals surface area contributed by atoms with Crippen molar-refractivity contribution in [2.75, 3.05) is 12.4 Å². The van der Waals surface area contributed by atoms with Gasteiger partial charge in [0.05, 0.1) is 18.4 Å². The molecular formula is C23H25N3O2S. The van der Waals surface area contributed by atoms with Crippen LogP contribution in [0, 0.1) is 0 Å². The number of benzene rings is 2. The van der Waals surface area contributed by atoms with E-state index in [1.165, 1.54) is 17.3 Å². The number of nitrogens with one attached hydrogen (secondary N) is 1. The molecule has 0 spiro atoms. The van der Waals surface area contributed by atoms with Crippen LogP contribution in [0.1, 0.15) is 43.4 Å². The topological polar surface area (TPSA) is 56.2 Å². The molecule has 29 heavy (non-hydrogen) atoms. The molecule has 1 aliphatic heterocycles. The summed E-state index contributed by atoms with van der Waals surface area (Å²) < 4.78 is 7.69. The third-order valence-corrected chi connectivity index (χ3v) is 6.04. The number of para-hydroxylation sites is 1. The molecule has 3 aromatic rings. The summed E-state index contributed by atoms with van der Waals surface area (Å²) in [6.07, 6.45) is 4.48. The predicted octanol–water partition coefficient (Wildman–Crippen LogP) is 4.73. The maximum atomic E-state index is 12.6. The lowest BCUT2D eigenvalue weighted by Gasteiger charge is -2.26. The Morgan fingerprint density at radius 3 is 2.83 bits per heavy atom. The Morgan fingerprint density at radius 2 is 2.03 bits per heavy atom. The molecule has 0 saturated heterocycles. The van der Waals surface area contributed by atoms with Crippen molar-refractivity contribution in [2.45, 2.75) is 37.4 Å². The van der Waals surface area contributed by atoms with E-state index in [0.29, 0.717) is 18.3 Å². The first-order valence-electron chi connectivity index (χ1n) is 9.89. The Bertz CT molecular complexity index is 982. The van der Waals surface area contributed by atoms with Crippen LogP contribution in [0.25, 0.3) is 5.69 Å². The Balaban J connectivity index is 1.39. The van der Waals surface area contributed by atoms with E-state index in [1.807, 2.05) is 35.0 Å². The van der Waals surface area contributed by atoms with Crippen LogP contribution in [0.3, 0.4) is 0 Å². The van der Waals surface area contributed by atoms with Crippen molar-refractivity contribution in [3.63, 3.8) is 0 Å². The second-order valence-corrected chi connectivity index (χ2v) is 8.35. The molecule has 5 nitrogen and oxygen atoms in total. The second-order valence-electron chi connectivity index (χ2n) is 7.41. The van der Waals surface area contributed by atoms with E-state index in [9.17, 15) is 4.79 Å². The number of imidazole rings is 1. The van der Waals surface area contributed by atoms with Gasteiger partial charge in [0.1, 0.15) is 5.75 Å². The van der Waals surface area contributed by atoms with Gasteiger partial charge in [-0.2, -0.15) is 0 Å². The van der Waals surface area contributed by atoms with Gasteiger partial charge >= 0.3 is 0 Å². The zero-order valence-corrected chi connectivity index (χ0v) is 17.5. The molecule has 4 rings (SSSR count). The zero-order valence-electron chi connectivity index (χ0n) is 16.7. The number of hydrogen-bond donors (Lipinski definition) is 1. The van der Waals surface area contributed by atoms with Gasteiger partial charge in [0, 0.05) is 30.1 Å². The van der Waals surface area contributed by atoms with E-state index in [-0.39, 0.29) is 11.9 Å². The lowest BCUT2D eigenvalue weighted by molar-refractivity contribution is -0.119. The number of hydrogen-bond acceptors (Lipinski definition) is 4. The van der Waals surface area contributed by atoms with Gasteiger partial charge in [0.15, 0.2) is 5.16 Å². The van der Waals surface area contributed by atoms with Crippen LogP contribution in [0.2, 0.25) is 0 Å². The number of carbonyl (C=O) groups is 1. The summed E-state index contributed by atoms with van der Waals surface area (Å²) >= 11 is 1.45. The van der Waals surface area contributed by atoms with E-state index in [1.54, 1.807) is 6.20 Å². The largest absolute Gasteiger partial charge is 0.493 e. The number of thioether (sulfide) groups is 1. The van der Waals surface area contributed by atoms with Gasteiger partial charge in [0.2, 0.25) is 5.91 Å². The smallest absolute Gasteiger partial charge is 0.230 e. The van der Waals surface area contributed by atoms with Gasteiger partial charge < -0.3 is 10.1 Å². The average molecular weight is 408 g/mol. The van der Waals surface area contributed by atoms with Crippen molar-refractivity contribution in [3.8, 4) is 11.4 Å². The van der Waals surface area contributed by atoms with Crippen LogP contribution >= 0.6 is 11.8 Å². The molecule has 1 unspecified atom stereocenters. The normalized spacial score (nSPS) is 15.6. The van der Waals surface area contributed by atoms with Crippen LogP contribution < -0.4 is 10.1 Å². The molecule has 0 saturated carbocycles. The highest BCUT2D eigenvalue weighted by Crippen LogP contribution is 2.31. The summed E-state index contributed by atoms with van der Waals surface area (Å²) in [5, 5.41) is 3.95. The molecule has 1 aromatic heterocycles. The highest BCUT2D eigenvalue weighted by atomic mass is 32.2. The Hall–Kier alpha value is -2.73. The van der Waals surface area contributed by atoms with Gasteiger partial charge in [-0.3, -0.25) is 9.36 Å². The molecule has 150 valence electrons. The molecule has 0 fully saturated rings. The number of rotatable bonds is 6. The first-order chi connectivity index (χ1) is 14.1. The first kappa shape index (κ1) is 19.6. The number of aromatic nitrogens is 2. The van der Waals surface area contributed by atoms with Crippen molar-refractivity contribution in [1.29, 1.82) is 0 Å². The standard InChI is InChI=1S/C23H25N3O2S/c1-16(2)17-7-9-18(10-8-17)26-13-12-24-23(26)29-15-22(27)25-20-11-14-28-21-6-4-3-5-19(20)21/h3-10,12-13,16,20H,11,14-15H2,1-2H3,(H,25,27). The molecule has 1 N–H and O–H groups in total. The Kier molecular flexibility index (Phi) is 5.90. The summed E-state index contributed by atoms with van der Waals surface area (Å²) in [5.41, 5.74) is 3.40. The highest BCUT2D eigenvalue weighted by Gasteiger charge is 2.22. The number of carbonyl (C=O) groups excluding carboxylic acids is 1. The summed E-state index contributed by atoms with van der Waals surface area (Å²) in [4.78, 5) is 17.0. The molecule has 0 aliphatic carbocycles. The maximum absolute atomic E-state index is 12.6. The number of nitrogens with zero attached hydrogens (tertiary/aromatic N) is 2. The van der Waals surface area contributed by atoms with Crippen molar-refractivity contribution >= 4 is 17.7 Å². The van der Waals surface area contributed by atoms with Crippen molar-refractivity contribution in [3.05, 3.63) is 72.1 Å². The molecule has 2 heterocycles. The third kappa shape index (κ3) is 4.48. The maximum Gasteiger partial charge on any atom is 0.230 e. The monoisotopic (exact) mass is 407 g/mol. The molecule has 1 aliphatic rings. The molecule has 2 aromatic carbocycles. The summed E-state index contributed by atoms with van der Waals surface area (Å²) in [6, 6.07) is 16.4. The van der Waals surface area contributed by atoms with E-state index in [4.69, 9.17) is 4.74 Å². The van der Waals surface area contributed by atoms with Crippen LogP contribution in [0.5, 0.6) is 5.75 Å². The van der Waals surface area contributed by atoms with Crippen LogP contribution in [-0.2, 0) is 4.79 Å². The zero-order chi connectivity index (χ0) is 20.2. The summed E-state index contributed by atoms with van der Waals surface area (Å²) in [5.74, 6) is 1.68. The number of amides is 1. The van der Waals surface area contributed by atoms with Gasteiger partial charge in [-0.15, -0.1) is 0 Å². The average Bonchev–Trinajstić information content (AvgIpc) is 3.21. The van der Waals surface area contributed by atoms with Crippen LogP contribution in [-0.4, -0.2) is 27.8 Å². The second kappa shape index (κ2) is 8.74. The Morgan fingerprint density at radius 1 is 1.24 bits per heavy atom.